The quantitative estimate of drug-likeness (QED) is 0.698. The molecule has 0 spiro atoms. The van der Waals surface area contributed by atoms with Gasteiger partial charge in [0.15, 0.2) is 5.82 Å². The molecule has 0 bridgehead atoms. The van der Waals surface area contributed by atoms with Crippen molar-refractivity contribution in [1.29, 1.82) is 0 Å². The van der Waals surface area contributed by atoms with Crippen molar-refractivity contribution in [2.24, 2.45) is 0 Å². The third-order valence-corrected chi connectivity index (χ3v) is 6.25. The van der Waals surface area contributed by atoms with E-state index in [9.17, 15) is 22.0 Å². The first kappa shape index (κ1) is 19.4. The van der Waals surface area contributed by atoms with Gasteiger partial charge in [-0.05, 0) is 37.1 Å². The van der Waals surface area contributed by atoms with Gasteiger partial charge in [-0.1, -0.05) is 6.42 Å². The van der Waals surface area contributed by atoms with E-state index >= 15 is 0 Å². The predicted octanol–water partition coefficient (Wildman–Crippen LogP) is 2.81. The minimum absolute atomic E-state index is 0.0809. The van der Waals surface area contributed by atoms with Gasteiger partial charge in [0.25, 0.3) is 0 Å². The number of alkyl halides is 2. The normalized spacial score (nSPS) is 15.8. The predicted molar refractivity (Wildman–Crippen MR) is 91.7 cm³/mol. The molecule has 10 heteroatoms. The van der Waals surface area contributed by atoms with Crippen LogP contribution in [0.25, 0.3) is 0 Å². The van der Waals surface area contributed by atoms with E-state index in [-0.39, 0.29) is 16.3 Å². The molecule has 0 aliphatic carbocycles. The summed E-state index contributed by atoms with van der Waals surface area (Å²) in [5.74, 6) is -0.830. The van der Waals surface area contributed by atoms with Gasteiger partial charge < -0.3 is 4.74 Å². The van der Waals surface area contributed by atoms with E-state index in [1.807, 2.05) is 0 Å². The van der Waals surface area contributed by atoms with Gasteiger partial charge in [0.05, 0.1) is 10.5 Å². The molecule has 146 valence electrons. The standard InChI is InChI=1S/C17H19F2N3O4S/c18-17(19)22-11-8-20-15(22)12-26-16(23)13-4-6-14(7-5-13)27(24,25)21-9-2-1-3-10-21/h4-8,11,17H,1-3,9-10,12H2. The Labute approximate surface area is 155 Å². The second kappa shape index (κ2) is 8.13. The van der Waals surface area contributed by atoms with Gasteiger partial charge in [-0.2, -0.15) is 13.1 Å². The van der Waals surface area contributed by atoms with E-state index in [4.69, 9.17) is 4.74 Å². The molecule has 1 aromatic carbocycles. The smallest absolute Gasteiger partial charge is 0.338 e. The Bertz CT molecular complexity index is 891. The number of piperidine rings is 1. The molecule has 27 heavy (non-hydrogen) atoms. The van der Waals surface area contributed by atoms with E-state index in [2.05, 4.69) is 4.98 Å². The van der Waals surface area contributed by atoms with Crippen LogP contribution < -0.4 is 0 Å². The molecular formula is C17H19F2N3O4S. The first-order valence-electron chi connectivity index (χ1n) is 8.47. The van der Waals surface area contributed by atoms with Crippen molar-refractivity contribution in [2.45, 2.75) is 37.3 Å². The first-order chi connectivity index (χ1) is 12.9. The molecule has 2 heterocycles. The summed E-state index contributed by atoms with van der Waals surface area (Å²) in [7, 11) is -3.58. The minimum Gasteiger partial charge on any atom is -0.454 e. The van der Waals surface area contributed by atoms with Crippen LogP contribution in [-0.4, -0.2) is 41.3 Å². The summed E-state index contributed by atoms with van der Waals surface area (Å²) in [5, 5.41) is 0. The Hall–Kier alpha value is -2.33. The van der Waals surface area contributed by atoms with Gasteiger partial charge in [-0.3, -0.25) is 4.57 Å². The van der Waals surface area contributed by atoms with Crippen LogP contribution in [-0.2, 0) is 21.4 Å². The number of rotatable bonds is 6. The third-order valence-electron chi connectivity index (χ3n) is 4.33. The molecule has 0 amide bonds. The molecule has 1 fully saturated rings. The Morgan fingerprint density at radius 1 is 1.15 bits per heavy atom. The first-order valence-corrected chi connectivity index (χ1v) is 9.91. The van der Waals surface area contributed by atoms with E-state index in [1.54, 1.807) is 0 Å². The number of hydrogen-bond acceptors (Lipinski definition) is 5. The maximum absolute atomic E-state index is 12.7. The summed E-state index contributed by atoms with van der Waals surface area (Å²) in [6.45, 7) is -2.21. The van der Waals surface area contributed by atoms with Crippen LogP contribution >= 0.6 is 0 Å². The SMILES string of the molecule is O=C(OCc1nccn1C(F)F)c1ccc(S(=O)(=O)N2CCCCC2)cc1. The molecule has 1 saturated heterocycles. The molecule has 7 nitrogen and oxygen atoms in total. The Balaban J connectivity index is 1.66. The van der Waals surface area contributed by atoms with Crippen molar-refractivity contribution in [2.75, 3.05) is 13.1 Å². The summed E-state index contributed by atoms with van der Waals surface area (Å²) in [5.41, 5.74) is 0.128. The van der Waals surface area contributed by atoms with Crippen LogP contribution in [0.15, 0.2) is 41.6 Å². The molecule has 1 aliphatic heterocycles. The van der Waals surface area contributed by atoms with Crippen molar-refractivity contribution >= 4 is 16.0 Å². The number of sulfonamides is 1. The summed E-state index contributed by atoms with van der Waals surface area (Å²) >= 11 is 0. The number of carbonyl (C=O) groups excluding carboxylic acids is 1. The van der Waals surface area contributed by atoms with Crippen LogP contribution in [0.5, 0.6) is 0 Å². The highest BCUT2D eigenvalue weighted by Gasteiger charge is 2.26. The number of nitrogens with zero attached hydrogens (tertiary/aromatic N) is 3. The lowest BCUT2D eigenvalue weighted by molar-refractivity contribution is 0.0376. The number of aromatic nitrogens is 2. The zero-order chi connectivity index (χ0) is 19.4. The lowest BCUT2D eigenvalue weighted by Crippen LogP contribution is -2.35. The molecular weight excluding hydrogens is 380 g/mol. The van der Waals surface area contributed by atoms with E-state index < -0.39 is 29.1 Å². The minimum atomic E-state index is -3.58. The highest BCUT2D eigenvalue weighted by Crippen LogP contribution is 2.21. The molecule has 1 aromatic heterocycles. The van der Waals surface area contributed by atoms with Crippen LogP contribution in [0.2, 0.25) is 0 Å². The van der Waals surface area contributed by atoms with Gasteiger partial charge in [0, 0.05) is 25.5 Å². The van der Waals surface area contributed by atoms with Gasteiger partial charge in [0.2, 0.25) is 10.0 Å². The maximum atomic E-state index is 12.7. The van der Waals surface area contributed by atoms with Gasteiger partial charge in [0.1, 0.15) is 6.61 Å². The second-order valence-corrected chi connectivity index (χ2v) is 8.03. The molecule has 2 aromatic rings. The largest absolute Gasteiger partial charge is 0.454 e. The number of esters is 1. The molecule has 1 aliphatic rings. The number of carbonyl (C=O) groups is 1. The lowest BCUT2D eigenvalue weighted by atomic mass is 10.2. The fourth-order valence-corrected chi connectivity index (χ4v) is 4.38. The van der Waals surface area contributed by atoms with Crippen LogP contribution in [0.3, 0.4) is 0 Å². The molecule has 0 atom stereocenters. The second-order valence-electron chi connectivity index (χ2n) is 6.09. The van der Waals surface area contributed by atoms with Crippen LogP contribution in [0.4, 0.5) is 8.78 Å². The third kappa shape index (κ3) is 4.33. The highest BCUT2D eigenvalue weighted by molar-refractivity contribution is 7.89. The molecule has 3 rings (SSSR count). The Morgan fingerprint density at radius 3 is 2.44 bits per heavy atom. The molecule has 0 unspecified atom stereocenters. The average Bonchev–Trinajstić information content (AvgIpc) is 3.16. The van der Waals surface area contributed by atoms with Crippen molar-refractivity contribution in [3.05, 3.63) is 48.0 Å². The number of ether oxygens (including phenoxy) is 1. The molecule has 0 N–H and O–H groups in total. The summed E-state index contributed by atoms with van der Waals surface area (Å²) < 4.78 is 57.7. The Kier molecular flexibility index (Phi) is 5.85. The highest BCUT2D eigenvalue weighted by atomic mass is 32.2. The van der Waals surface area contributed by atoms with Gasteiger partial charge in [-0.15, -0.1) is 0 Å². The van der Waals surface area contributed by atoms with Crippen molar-refractivity contribution in [3.8, 4) is 0 Å². The van der Waals surface area contributed by atoms with E-state index in [1.165, 1.54) is 34.8 Å². The monoisotopic (exact) mass is 399 g/mol. The zero-order valence-corrected chi connectivity index (χ0v) is 15.2. The average molecular weight is 399 g/mol. The lowest BCUT2D eigenvalue weighted by Gasteiger charge is -2.25. The summed E-state index contributed by atoms with van der Waals surface area (Å²) in [4.78, 5) is 15.9. The number of hydrogen-bond donors (Lipinski definition) is 0. The number of imidazole rings is 1. The fourth-order valence-electron chi connectivity index (χ4n) is 2.86. The van der Waals surface area contributed by atoms with Crippen molar-refractivity contribution in [3.63, 3.8) is 0 Å². The number of halogens is 2. The van der Waals surface area contributed by atoms with Gasteiger partial charge in [-0.25, -0.2) is 18.2 Å². The van der Waals surface area contributed by atoms with Gasteiger partial charge >= 0.3 is 12.5 Å². The summed E-state index contributed by atoms with van der Waals surface area (Å²) in [6, 6.07) is 5.39. The van der Waals surface area contributed by atoms with Crippen LogP contribution in [0, 0.1) is 0 Å². The maximum Gasteiger partial charge on any atom is 0.338 e. The van der Waals surface area contributed by atoms with Crippen LogP contribution in [0.1, 0.15) is 42.0 Å². The van der Waals surface area contributed by atoms with Crippen molar-refractivity contribution in [1.82, 2.24) is 13.9 Å². The zero-order valence-electron chi connectivity index (χ0n) is 14.4. The van der Waals surface area contributed by atoms with E-state index in [0.29, 0.717) is 17.7 Å². The van der Waals surface area contributed by atoms with E-state index in [0.717, 1.165) is 25.5 Å². The number of benzene rings is 1. The Morgan fingerprint density at radius 2 is 1.81 bits per heavy atom. The molecule has 0 saturated carbocycles. The molecule has 0 radical (unpaired) electrons. The fraction of sp³-hybridized carbons (Fsp3) is 0.412. The topological polar surface area (TPSA) is 81.5 Å². The van der Waals surface area contributed by atoms with Crippen molar-refractivity contribution < 1.29 is 26.7 Å². The summed E-state index contributed by atoms with van der Waals surface area (Å²) in [6.07, 6.45) is 4.96.